The van der Waals surface area contributed by atoms with Crippen LogP contribution in [0.15, 0.2) is 24.3 Å². The summed E-state index contributed by atoms with van der Waals surface area (Å²) < 4.78 is 59.9. The standard InChI is InChI=1S/C34H59NO14/c1-3-5-6-31(4-2)34(36)49-30-28-47-26-24-45-22-20-43-18-16-41-14-12-39-11-13-40-15-17-42-19-21-44-23-25-46-27-29-48-33-9-7-32(8-10-33)35(37)38/h7-10,31H,3-6,11-30H2,1-2H3. The van der Waals surface area contributed by atoms with E-state index in [0.29, 0.717) is 131 Å². The molecular formula is C34H59NO14. The number of nitrogens with zero attached hydrogens (tertiary/aromatic N) is 1. The summed E-state index contributed by atoms with van der Waals surface area (Å²) in [6.07, 6.45) is 3.81. The molecular weight excluding hydrogens is 646 g/mol. The maximum atomic E-state index is 12.0. The molecule has 1 rings (SSSR count). The summed E-state index contributed by atoms with van der Waals surface area (Å²) in [5.41, 5.74) is 0.0234. The summed E-state index contributed by atoms with van der Waals surface area (Å²) in [4.78, 5) is 22.2. The smallest absolute Gasteiger partial charge is 0.308 e. The van der Waals surface area contributed by atoms with E-state index in [1.807, 2.05) is 6.92 Å². The number of carbonyl (C=O) groups is 1. The molecule has 0 amide bonds. The zero-order chi connectivity index (χ0) is 35.5. The number of ether oxygens (including phenoxy) is 11. The van der Waals surface area contributed by atoms with Gasteiger partial charge in [0, 0.05) is 12.1 Å². The minimum atomic E-state index is -0.453. The molecule has 0 aromatic heterocycles. The first-order chi connectivity index (χ1) is 24.1. The van der Waals surface area contributed by atoms with Crippen LogP contribution in [-0.4, -0.2) is 143 Å². The molecule has 1 atom stereocenters. The van der Waals surface area contributed by atoms with Crippen molar-refractivity contribution < 1.29 is 61.8 Å². The molecule has 0 bridgehead atoms. The van der Waals surface area contributed by atoms with Crippen LogP contribution in [-0.2, 0) is 52.2 Å². The minimum Gasteiger partial charge on any atom is -0.491 e. The van der Waals surface area contributed by atoms with E-state index in [1.54, 1.807) is 12.1 Å². The molecule has 15 heteroatoms. The second-order valence-corrected chi connectivity index (χ2v) is 10.5. The Balaban J connectivity index is 1.69. The highest BCUT2D eigenvalue weighted by molar-refractivity contribution is 5.72. The molecule has 0 saturated heterocycles. The van der Waals surface area contributed by atoms with Gasteiger partial charge in [0.25, 0.3) is 5.69 Å². The lowest BCUT2D eigenvalue weighted by Gasteiger charge is -2.13. The summed E-state index contributed by atoms with van der Waals surface area (Å²) in [6, 6.07) is 5.90. The Kier molecular flexibility index (Phi) is 30.9. The maximum absolute atomic E-state index is 12.0. The summed E-state index contributed by atoms with van der Waals surface area (Å²) >= 11 is 0. The maximum Gasteiger partial charge on any atom is 0.308 e. The summed E-state index contributed by atoms with van der Waals surface area (Å²) in [5.74, 6) is 0.416. The number of esters is 1. The van der Waals surface area contributed by atoms with E-state index >= 15 is 0 Å². The SMILES string of the molecule is CCCCC(CC)C(=O)OCCOCCOCCOCCOCCOCCOCCOCCOCCOCCOc1ccc([N+](=O)[O-])cc1. The van der Waals surface area contributed by atoms with Gasteiger partial charge >= 0.3 is 5.97 Å². The third-order valence-electron chi connectivity index (χ3n) is 6.72. The van der Waals surface area contributed by atoms with Crippen molar-refractivity contribution in [2.75, 3.05) is 132 Å². The molecule has 0 aliphatic rings. The van der Waals surface area contributed by atoms with Crippen LogP contribution < -0.4 is 4.74 Å². The third kappa shape index (κ3) is 28.0. The molecule has 49 heavy (non-hydrogen) atoms. The lowest BCUT2D eigenvalue weighted by Crippen LogP contribution is -2.20. The van der Waals surface area contributed by atoms with Crippen LogP contribution in [0.2, 0.25) is 0 Å². The number of rotatable bonds is 37. The van der Waals surface area contributed by atoms with Gasteiger partial charge in [-0.3, -0.25) is 14.9 Å². The van der Waals surface area contributed by atoms with E-state index in [9.17, 15) is 14.9 Å². The van der Waals surface area contributed by atoms with Crippen LogP contribution in [0, 0.1) is 16.0 Å². The van der Waals surface area contributed by atoms with Crippen LogP contribution in [0.4, 0.5) is 5.69 Å². The Bertz CT molecular complexity index is 892. The predicted molar refractivity (Wildman–Crippen MR) is 180 cm³/mol. The molecule has 15 nitrogen and oxygen atoms in total. The van der Waals surface area contributed by atoms with Crippen LogP contribution >= 0.6 is 0 Å². The van der Waals surface area contributed by atoms with Gasteiger partial charge in [-0.2, -0.15) is 0 Å². The van der Waals surface area contributed by atoms with Crippen LogP contribution in [0.25, 0.3) is 0 Å². The topological polar surface area (TPSA) is 162 Å². The Labute approximate surface area is 291 Å². The average molecular weight is 706 g/mol. The summed E-state index contributed by atoms with van der Waals surface area (Å²) in [7, 11) is 0. The van der Waals surface area contributed by atoms with Crippen molar-refractivity contribution >= 4 is 11.7 Å². The number of unbranched alkanes of at least 4 members (excludes halogenated alkanes) is 1. The fourth-order valence-corrected chi connectivity index (χ4v) is 4.00. The Morgan fingerprint density at radius 2 is 0.918 bits per heavy atom. The molecule has 0 spiro atoms. The molecule has 0 saturated carbocycles. The first-order valence-corrected chi connectivity index (χ1v) is 17.3. The van der Waals surface area contributed by atoms with Crippen molar-refractivity contribution in [2.24, 2.45) is 5.92 Å². The second kappa shape index (κ2) is 34.0. The van der Waals surface area contributed by atoms with Crippen LogP contribution in [0.5, 0.6) is 5.75 Å². The number of hydrogen-bond donors (Lipinski definition) is 0. The highest BCUT2D eigenvalue weighted by atomic mass is 16.6. The van der Waals surface area contributed by atoms with Gasteiger partial charge in [-0.25, -0.2) is 0 Å². The van der Waals surface area contributed by atoms with E-state index in [4.69, 9.17) is 52.1 Å². The summed E-state index contributed by atoms with van der Waals surface area (Å²) in [6.45, 7) is 13.0. The summed E-state index contributed by atoms with van der Waals surface area (Å²) in [5, 5.41) is 10.6. The molecule has 1 aromatic rings. The highest BCUT2D eigenvalue weighted by Crippen LogP contribution is 2.17. The van der Waals surface area contributed by atoms with Crippen molar-refractivity contribution in [3.05, 3.63) is 34.4 Å². The van der Waals surface area contributed by atoms with Crippen molar-refractivity contribution in [3.63, 3.8) is 0 Å². The number of benzene rings is 1. The van der Waals surface area contributed by atoms with Crippen LogP contribution in [0.1, 0.15) is 39.5 Å². The zero-order valence-electron chi connectivity index (χ0n) is 29.5. The van der Waals surface area contributed by atoms with Gasteiger partial charge in [0.1, 0.15) is 19.0 Å². The monoisotopic (exact) mass is 705 g/mol. The second-order valence-electron chi connectivity index (χ2n) is 10.5. The van der Waals surface area contributed by atoms with Gasteiger partial charge < -0.3 is 52.1 Å². The zero-order valence-corrected chi connectivity index (χ0v) is 29.5. The Morgan fingerprint density at radius 1 is 0.571 bits per heavy atom. The fraction of sp³-hybridized carbons (Fsp3) is 0.794. The van der Waals surface area contributed by atoms with E-state index in [1.165, 1.54) is 12.1 Å². The van der Waals surface area contributed by atoms with E-state index in [0.717, 1.165) is 25.7 Å². The average Bonchev–Trinajstić information content (AvgIpc) is 3.11. The predicted octanol–water partition coefficient (Wildman–Crippen LogP) is 3.88. The largest absolute Gasteiger partial charge is 0.491 e. The Morgan fingerprint density at radius 3 is 1.24 bits per heavy atom. The molecule has 0 aliphatic heterocycles. The van der Waals surface area contributed by atoms with E-state index in [-0.39, 0.29) is 24.2 Å². The Hall–Kier alpha value is -2.47. The lowest BCUT2D eigenvalue weighted by atomic mass is 10.00. The van der Waals surface area contributed by atoms with Gasteiger partial charge in [0.2, 0.25) is 0 Å². The number of nitro groups is 1. The molecule has 0 N–H and O–H groups in total. The van der Waals surface area contributed by atoms with E-state index in [2.05, 4.69) is 6.92 Å². The van der Waals surface area contributed by atoms with Gasteiger partial charge in [0.05, 0.1) is 130 Å². The number of hydrogen-bond acceptors (Lipinski definition) is 14. The number of carbonyl (C=O) groups excluding carboxylic acids is 1. The molecule has 0 heterocycles. The molecule has 1 unspecified atom stereocenters. The molecule has 284 valence electrons. The molecule has 0 radical (unpaired) electrons. The van der Waals surface area contributed by atoms with Gasteiger partial charge in [-0.05, 0) is 25.0 Å². The van der Waals surface area contributed by atoms with E-state index < -0.39 is 4.92 Å². The minimum absolute atomic E-state index is 0.0103. The molecule has 0 aliphatic carbocycles. The fourth-order valence-electron chi connectivity index (χ4n) is 4.00. The first-order valence-electron chi connectivity index (χ1n) is 17.3. The number of non-ortho nitro benzene ring substituents is 1. The van der Waals surface area contributed by atoms with Crippen LogP contribution in [0.3, 0.4) is 0 Å². The quantitative estimate of drug-likeness (QED) is 0.0424. The normalized spacial score (nSPS) is 11.9. The lowest BCUT2D eigenvalue weighted by molar-refractivity contribution is -0.384. The van der Waals surface area contributed by atoms with Gasteiger partial charge in [-0.1, -0.05) is 26.7 Å². The van der Waals surface area contributed by atoms with Crippen molar-refractivity contribution in [1.82, 2.24) is 0 Å². The first kappa shape index (κ1) is 44.6. The van der Waals surface area contributed by atoms with Gasteiger partial charge in [-0.15, -0.1) is 0 Å². The van der Waals surface area contributed by atoms with Crippen molar-refractivity contribution in [3.8, 4) is 5.75 Å². The number of nitro benzene ring substituents is 1. The highest BCUT2D eigenvalue weighted by Gasteiger charge is 2.17. The molecule has 0 fully saturated rings. The van der Waals surface area contributed by atoms with Gasteiger partial charge in [0.15, 0.2) is 0 Å². The van der Waals surface area contributed by atoms with Crippen molar-refractivity contribution in [2.45, 2.75) is 39.5 Å². The van der Waals surface area contributed by atoms with Crippen molar-refractivity contribution in [1.29, 1.82) is 0 Å². The molecule has 1 aromatic carbocycles. The third-order valence-corrected chi connectivity index (χ3v) is 6.72.